The van der Waals surface area contributed by atoms with Crippen molar-refractivity contribution < 1.29 is 9.53 Å². The summed E-state index contributed by atoms with van der Waals surface area (Å²) < 4.78 is 7.34. The minimum Gasteiger partial charge on any atom is -0.494 e. The first-order valence-electron chi connectivity index (χ1n) is 11.1. The van der Waals surface area contributed by atoms with E-state index in [1.807, 2.05) is 36.6 Å². The molecule has 1 amide bonds. The molecular weight excluding hydrogens is 418 g/mol. The largest absolute Gasteiger partial charge is 0.494 e. The van der Waals surface area contributed by atoms with Crippen LogP contribution in [-0.4, -0.2) is 68.6 Å². The quantitative estimate of drug-likeness (QED) is 0.507. The predicted octanol–water partition coefficient (Wildman–Crippen LogP) is 4.76. The molecule has 0 atom stereocenters. The van der Waals surface area contributed by atoms with Crippen LogP contribution in [0.15, 0.2) is 47.8 Å². The topological polar surface area (TPSA) is 36.0 Å². The Morgan fingerprint density at radius 3 is 2.72 bits per heavy atom. The molecule has 1 saturated heterocycles. The molecule has 6 heteroatoms. The average molecular weight is 452 g/mol. The first-order valence-corrected chi connectivity index (χ1v) is 12.0. The number of piperazine rings is 1. The lowest BCUT2D eigenvalue weighted by atomic mass is 9.99. The maximum Gasteiger partial charge on any atom is 0.254 e. The number of hydrogen-bond acceptors (Lipinski definition) is 5. The van der Waals surface area contributed by atoms with Crippen LogP contribution >= 0.6 is 11.3 Å². The van der Waals surface area contributed by atoms with Gasteiger partial charge in [0.25, 0.3) is 5.91 Å². The lowest BCUT2D eigenvalue weighted by Gasteiger charge is -2.36. The van der Waals surface area contributed by atoms with Crippen molar-refractivity contribution in [3.05, 3.63) is 59.0 Å². The number of nitrogens with zero attached hydrogens (tertiary/aromatic N) is 3. The molecule has 0 spiro atoms. The van der Waals surface area contributed by atoms with Crippen LogP contribution in [0, 0.1) is 0 Å². The standard InChI is InChI=1S/C25H29N3O2S.CH4/c1-26-11-8-19-6-7-20(18-22(19)25(26)29)30-16-3-10-27-12-14-28(15-13-27)23-4-2-5-24-21(23)9-17-31-24;/h2,4-7,9,17-18H,3,8,10-16H2,1H3;1H4. The average Bonchev–Trinajstić information content (AvgIpc) is 3.29. The number of carbonyl (C=O) groups is 1. The van der Waals surface area contributed by atoms with Gasteiger partial charge in [-0.1, -0.05) is 19.6 Å². The fourth-order valence-corrected chi connectivity index (χ4v) is 5.41. The Bertz CT molecular complexity index is 1070. The molecule has 2 aliphatic heterocycles. The third-order valence-corrected chi connectivity index (χ3v) is 7.33. The fourth-order valence-electron chi connectivity index (χ4n) is 4.60. The van der Waals surface area contributed by atoms with Crippen LogP contribution in [0.25, 0.3) is 10.1 Å². The van der Waals surface area contributed by atoms with E-state index in [-0.39, 0.29) is 13.3 Å². The molecule has 0 aliphatic carbocycles. The number of amides is 1. The third kappa shape index (κ3) is 4.62. The van der Waals surface area contributed by atoms with Crippen molar-refractivity contribution in [3.8, 4) is 5.75 Å². The van der Waals surface area contributed by atoms with Crippen LogP contribution in [0.5, 0.6) is 5.75 Å². The number of hydrogen-bond donors (Lipinski definition) is 0. The van der Waals surface area contributed by atoms with Gasteiger partial charge in [-0.3, -0.25) is 9.69 Å². The molecule has 0 bridgehead atoms. The molecular formula is C26H33N3O2S. The zero-order chi connectivity index (χ0) is 21.2. The molecule has 5 nitrogen and oxygen atoms in total. The number of carbonyl (C=O) groups excluding carboxylic acids is 1. The van der Waals surface area contributed by atoms with E-state index < -0.39 is 0 Å². The summed E-state index contributed by atoms with van der Waals surface area (Å²) in [6.45, 7) is 6.81. The van der Waals surface area contributed by atoms with E-state index in [0.717, 1.165) is 69.0 Å². The predicted molar refractivity (Wildman–Crippen MR) is 134 cm³/mol. The number of anilines is 1. The number of thiophene rings is 1. The lowest BCUT2D eigenvalue weighted by molar-refractivity contribution is 0.0780. The van der Waals surface area contributed by atoms with Gasteiger partial charge in [0.1, 0.15) is 5.75 Å². The number of fused-ring (bicyclic) bond motifs is 2. The first-order chi connectivity index (χ1) is 15.2. The molecule has 170 valence electrons. The second-order valence-corrected chi connectivity index (χ2v) is 9.38. The number of ether oxygens (including phenoxy) is 1. The van der Waals surface area contributed by atoms with Crippen LogP contribution in [0.4, 0.5) is 5.69 Å². The smallest absolute Gasteiger partial charge is 0.254 e. The highest BCUT2D eigenvalue weighted by Gasteiger charge is 2.22. The fraction of sp³-hybridized carbons (Fsp3) is 0.423. The zero-order valence-corrected chi connectivity index (χ0v) is 18.9. The number of rotatable bonds is 6. The minimum absolute atomic E-state index is 0. The highest BCUT2D eigenvalue weighted by atomic mass is 32.1. The SMILES string of the molecule is C.CN1CCc2ccc(OCCCN3CCN(c4cccc5sccc45)CC3)cc2C1=O. The normalized spacial score (nSPS) is 16.7. The van der Waals surface area contributed by atoms with Gasteiger partial charge >= 0.3 is 0 Å². The molecule has 32 heavy (non-hydrogen) atoms. The summed E-state index contributed by atoms with van der Waals surface area (Å²) in [5.74, 6) is 0.902. The van der Waals surface area contributed by atoms with Gasteiger partial charge in [-0.25, -0.2) is 0 Å². The zero-order valence-electron chi connectivity index (χ0n) is 18.0. The van der Waals surface area contributed by atoms with E-state index in [9.17, 15) is 4.79 Å². The van der Waals surface area contributed by atoms with E-state index in [1.165, 1.54) is 15.8 Å². The van der Waals surface area contributed by atoms with E-state index in [2.05, 4.69) is 39.4 Å². The highest BCUT2D eigenvalue weighted by molar-refractivity contribution is 7.17. The Morgan fingerprint density at radius 2 is 1.88 bits per heavy atom. The maximum absolute atomic E-state index is 12.4. The van der Waals surface area contributed by atoms with E-state index in [4.69, 9.17) is 4.74 Å². The lowest BCUT2D eigenvalue weighted by Crippen LogP contribution is -2.46. The van der Waals surface area contributed by atoms with E-state index in [0.29, 0.717) is 6.61 Å². The molecule has 0 unspecified atom stereocenters. The van der Waals surface area contributed by atoms with Gasteiger partial charge in [0.2, 0.25) is 0 Å². The third-order valence-electron chi connectivity index (χ3n) is 6.45. The number of benzene rings is 2. The van der Waals surface area contributed by atoms with Gasteiger partial charge in [-0.15, -0.1) is 11.3 Å². The second kappa shape index (κ2) is 9.92. The molecule has 3 heterocycles. The molecule has 1 fully saturated rings. The van der Waals surface area contributed by atoms with Crippen LogP contribution in [0.3, 0.4) is 0 Å². The molecule has 3 aromatic rings. The monoisotopic (exact) mass is 451 g/mol. The summed E-state index contributed by atoms with van der Waals surface area (Å²) in [4.78, 5) is 19.2. The van der Waals surface area contributed by atoms with Crippen molar-refractivity contribution in [1.29, 1.82) is 0 Å². The van der Waals surface area contributed by atoms with Crippen LogP contribution in [0.2, 0.25) is 0 Å². The molecule has 1 aromatic heterocycles. The summed E-state index contributed by atoms with van der Waals surface area (Å²) in [6, 6.07) is 14.8. The second-order valence-electron chi connectivity index (χ2n) is 8.44. The van der Waals surface area contributed by atoms with Gasteiger partial charge in [0.05, 0.1) is 6.61 Å². The Morgan fingerprint density at radius 1 is 1.03 bits per heavy atom. The summed E-state index contributed by atoms with van der Waals surface area (Å²) in [6.07, 6.45) is 1.91. The Balaban J connectivity index is 0.00000245. The molecule has 0 radical (unpaired) electrons. The van der Waals surface area contributed by atoms with Crippen molar-refractivity contribution in [2.75, 3.05) is 57.8 Å². The maximum atomic E-state index is 12.4. The van der Waals surface area contributed by atoms with Gasteiger partial charge in [0.15, 0.2) is 0 Å². The van der Waals surface area contributed by atoms with Crippen molar-refractivity contribution in [2.24, 2.45) is 0 Å². The Labute approximate surface area is 195 Å². The van der Waals surface area contributed by atoms with Gasteiger partial charge in [0, 0.05) is 67.7 Å². The van der Waals surface area contributed by atoms with Crippen molar-refractivity contribution in [2.45, 2.75) is 20.3 Å². The molecule has 2 aliphatic rings. The highest BCUT2D eigenvalue weighted by Crippen LogP contribution is 2.31. The van der Waals surface area contributed by atoms with Gasteiger partial charge in [-0.2, -0.15) is 0 Å². The Hall–Kier alpha value is -2.57. The summed E-state index contributed by atoms with van der Waals surface area (Å²) in [5, 5.41) is 3.56. The van der Waals surface area contributed by atoms with Gasteiger partial charge < -0.3 is 14.5 Å². The molecule has 5 rings (SSSR count). The van der Waals surface area contributed by atoms with Crippen LogP contribution < -0.4 is 9.64 Å². The van der Waals surface area contributed by atoms with Crippen molar-refractivity contribution in [3.63, 3.8) is 0 Å². The van der Waals surface area contributed by atoms with Crippen LogP contribution in [-0.2, 0) is 6.42 Å². The van der Waals surface area contributed by atoms with Crippen molar-refractivity contribution in [1.82, 2.24) is 9.80 Å². The minimum atomic E-state index is 0. The van der Waals surface area contributed by atoms with Crippen LogP contribution in [0.1, 0.15) is 29.8 Å². The van der Waals surface area contributed by atoms with E-state index in [1.54, 1.807) is 4.90 Å². The summed E-state index contributed by atoms with van der Waals surface area (Å²) in [7, 11) is 1.86. The summed E-state index contributed by atoms with van der Waals surface area (Å²) in [5.41, 5.74) is 3.30. The molecule has 0 N–H and O–H groups in total. The summed E-state index contributed by atoms with van der Waals surface area (Å²) >= 11 is 1.81. The van der Waals surface area contributed by atoms with Gasteiger partial charge in [-0.05, 0) is 54.1 Å². The van der Waals surface area contributed by atoms with Crippen molar-refractivity contribution >= 4 is 33.0 Å². The molecule has 2 aromatic carbocycles. The Kier molecular flexibility index (Phi) is 7.01. The van der Waals surface area contributed by atoms with E-state index >= 15 is 0 Å². The first kappa shape index (κ1) is 22.6. The molecule has 0 saturated carbocycles. The number of likely N-dealkylation sites (N-methyl/N-ethyl adjacent to an activating group) is 1.